The van der Waals surface area contributed by atoms with Gasteiger partial charge in [-0.15, -0.1) is 5.10 Å². The number of benzene rings is 2. The summed E-state index contributed by atoms with van der Waals surface area (Å²) in [7, 11) is 1.68. The maximum Gasteiger partial charge on any atom is 0.253 e. The minimum Gasteiger partial charge on any atom is -0.497 e. The highest BCUT2D eigenvalue weighted by molar-refractivity contribution is 5.83. The first kappa shape index (κ1) is 25.9. The summed E-state index contributed by atoms with van der Waals surface area (Å²) in [6, 6.07) is 14.0. The van der Waals surface area contributed by atoms with Crippen LogP contribution in [0.15, 0.2) is 47.3 Å². The molecule has 4 aromatic rings. The summed E-state index contributed by atoms with van der Waals surface area (Å²) in [5.74, 6) is 1.54. The fourth-order valence-corrected chi connectivity index (χ4v) is 5.38. The number of H-pyrrole nitrogens is 1. The van der Waals surface area contributed by atoms with Gasteiger partial charge in [-0.25, -0.2) is 4.68 Å². The van der Waals surface area contributed by atoms with Gasteiger partial charge in [-0.1, -0.05) is 18.6 Å². The quantitative estimate of drug-likeness (QED) is 0.394. The fraction of sp³-hybridized carbons (Fsp3) is 0.448. The number of ether oxygens (including phenoxy) is 1. The average molecular weight is 516 g/mol. The van der Waals surface area contributed by atoms with E-state index in [0.717, 1.165) is 66.1 Å². The lowest BCUT2D eigenvalue weighted by atomic mass is 9.98. The number of pyridine rings is 1. The van der Waals surface area contributed by atoms with Crippen molar-refractivity contribution in [2.45, 2.75) is 52.6 Å². The zero-order valence-electron chi connectivity index (χ0n) is 23.2. The third-order valence-corrected chi connectivity index (χ3v) is 7.91. The minimum absolute atomic E-state index is 0.101. The smallest absolute Gasteiger partial charge is 0.253 e. The number of rotatable bonds is 7. The molecule has 1 atom stereocenters. The Morgan fingerprint density at radius 2 is 1.76 bits per heavy atom. The van der Waals surface area contributed by atoms with Crippen LogP contribution < -0.4 is 15.2 Å². The second-order valence-electron chi connectivity index (χ2n) is 10.8. The second-order valence-corrected chi connectivity index (χ2v) is 10.8. The predicted octanol–water partition coefficient (Wildman–Crippen LogP) is 4.20. The van der Waals surface area contributed by atoms with E-state index in [1.165, 1.54) is 0 Å². The Morgan fingerprint density at radius 1 is 1.05 bits per heavy atom. The van der Waals surface area contributed by atoms with Crippen molar-refractivity contribution < 1.29 is 4.74 Å². The van der Waals surface area contributed by atoms with Crippen molar-refractivity contribution in [2.75, 3.05) is 38.2 Å². The molecule has 38 heavy (non-hydrogen) atoms. The molecule has 1 saturated heterocycles. The summed E-state index contributed by atoms with van der Waals surface area (Å²) in [6.07, 6.45) is 0.857. The van der Waals surface area contributed by atoms with Crippen LogP contribution in [-0.2, 0) is 5.54 Å². The van der Waals surface area contributed by atoms with Crippen LogP contribution in [0.4, 0.5) is 5.69 Å². The lowest BCUT2D eigenvalue weighted by Gasteiger charge is -2.40. The Kier molecular flexibility index (Phi) is 6.96. The first-order chi connectivity index (χ1) is 18.2. The molecule has 2 aromatic heterocycles. The van der Waals surface area contributed by atoms with Gasteiger partial charge in [0.05, 0.1) is 18.2 Å². The number of fused-ring (bicyclic) bond motifs is 1. The van der Waals surface area contributed by atoms with Gasteiger partial charge >= 0.3 is 0 Å². The summed E-state index contributed by atoms with van der Waals surface area (Å²) >= 11 is 0. The molecule has 0 unspecified atom stereocenters. The number of nitrogens with one attached hydrogen (secondary N) is 1. The summed E-state index contributed by atoms with van der Waals surface area (Å²) in [4.78, 5) is 21.5. The van der Waals surface area contributed by atoms with E-state index in [-0.39, 0.29) is 17.1 Å². The highest BCUT2D eigenvalue weighted by Gasteiger charge is 2.35. The molecule has 3 heterocycles. The maximum atomic E-state index is 13.6. The third kappa shape index (κ3) is 4.78. The van der Waals surface area contributed by atoms with Crippen LogP contribution in [0, 0.1) is 13.8 Å². The number of aromatic nitrogens is 5. The van der Waals surface area contributed by atoms with Gasteiger partial charge in [0.25, 0.3) is 5.56 Å². The summed E-state index contributed by atoms with van der Waals surface area (Å²) in [5, 5.41) is 14.0. The van der Waals surface area contributed by atoms with Crippen LogP contribution in [-0.4, -0.2) is 63.4 Å². The zero-order valence-corrected chi connectivity index (χ0v) is 23.2. The van der Waals surface area contributed by atoms with Crippen LogP contribution in [0.1, 0.15) is 55.7 Å². The van der Waals surface area contributed by atoms with E-state index in [2.05, 4.69) is 82.3 Å². The van der Waals surface area contributed by atoms with E-state index in [1.807, 2.05) is 29.8 Å². The topological polar surface area (TPSA) is 92.2 Å². The highest BCUT2D eigenvalue weighted by Crippen LogP contribution is 2.32. The number of anilines is 1. The lowest BCUT2D eigenvalue weighted by molar-refractivity contribution is 0.186. The van der Waals surface area contributed by atoms with E-state index >= 15 is 0 Å². The van der Waals surface area contributed by atoms with Crippen molar-refractivity contribution in [3.8, 4) is 5.75 Å². The second kappa shape index (κ2) is 10.2. The van der Waals surface area contributed by atoms with Gasteiger partial charge < -0.3 is 14.6 Å². The number of aromatic amines is 1. The van der Waals surface area contributed by atoms with Crippen LogP contribution in [0.25, 0.3) is 10.9 Å². The number of methoxy groups -OCH3 is 1. The number of nitrogens with zero attached hydrogens (tertiary/aromatic N) is 6. The standard InChI is InChI=1S/C29H37N7O2/c1-7-29(4,5)36-27(31-32-33-36)26(24-18-21-17-19(2)16-20(3)25(21)30-28(24)37)35-14-12-34(13-15-35)22-8-10-23(38-6)11-9-22/h8-11,16-18,26H,7,12-15H2,1-6H3,(H,30,37)/t26-/m0/s1. The normalized spacial score (nSPS) is 15.7. The van der Waals surface area contributed by atoms with Gasteiger partial charge in [0.15, 0.2) is 5.82 Å². The molecule has 5 rings (SSSR count). The van der Waals surface area contributed by atoms with Crippen molar-refractivity contribution in [2.24, 2.45) is 0 Å². The molecule has 2 aromatic carbocycles. The van der Waals surface area contributed by atoms with Gasteiger partial charge in [0.2, 0.25) is 0 Å². The van der Waals surface area contributed by atoms with Crippen molar-refractivity contribution >= 4 is 16.6 Å². The molecule has 9 heteroatoms. The monoisotopic (exact) mass is 515 g/mol. The molecule has 9 nitrogen and oxygen atoms in total. The van der Waals surface area contributed by atoms with E-state index < -0.39 is 0 Å². The fourth-order valence-electron chi connectivity index (χ4n) is 5.38. The van der Waals surface area contributed by atoms with Crippen LogP contribution in [0.5, 0.6) is 5.75 Å². The zero-order chi connectivity index (χ0) is 27.0. The Morgan fingerprint density at radius 3 is 2.42 bits per heavy atom. The average Bonchev–Trinajstić information content (AvgIpc) is 3.41. The van der Waals surface area contributed by atoms with Crippen molar-refractivity contribution in [3.63, 3.8) is 0 Å². The molecule has 0 aliphatic carbocycles. The highest BCUT2D eigenvalue weighted by atomic mass is 16.5. The largest absolute Gasteiger partial charge is 0.497 e. The number of tetrazole rings is 1. The Balaban J connectivity index is 1.56. The maximum absolute atomic E-state index is 13.6. The third-order valence-electron chi connectivity index (χ3n) is 7.91. The summed E-state index contributed by atoms with van der Waals surface area (Å²) in [6.45, 7) is 13.7. The molecule has 1 aliphatic heterocycles. The van der Waals surface area contributed by atoms with Gasteiger partial charge in [0, 0.05) is 37.4 Å². The predicted molar refractivity (Wildman–Crippen MR) is 150 cm³/mol. The number of piperazine rings is 1. The molecule has 1 fully saturated rings. The van der Waals surface area contributed by atoms with Gasteiger partial charge in [-0.3, -0.25) is 9.69 Å². The minimum atomic E-state index is -0.372. The van der Waals surface area contributed by atoms with E-state index in [1.54, 1.807) is 7.11 Å². The van der Waals surface area contributed by atoms with E-state index in [0.29, 0.717) is 11.4 Å². The molecular formula is C29H37N7O2. The van der Waals surface area contributed by atoms with Crippen molar-refractivity contribution in [1.29, 1.82) is 0 Å². The first-order valence-electron chi connectivity index (χ1n) is 13.3. The molecule has 1 N–H and O–H groups in total. The molecular weight excluding hydrogens is 478 g/mol. The lowest BCUT2D eigenvalue weighted by Crippen LogP contribution is -2.49. The van der Waals surface area contributed by atoms with Crippen molar-refractivity contribution in [3.05, 3.63) is 75.3 Å². The Hall–Kier alpha value is -3.72. The molecule has 0 radical (unpaired) electrons. The molecule has 0 bridgehead atoms. The summed E-state index contributed by atoms with van der Waals surface area (Å²) < 4.78 is 7.22. The number of hydrogen-bond acceptors (Lipinski definition) is 7. The van der Waals surface area contributed by atoms with Gasteiger partial charge in [-0.2, -0.15) is 0 Å². The van der Waals surface area contributed by atoms with E-state index in [4.69, 9.17) is 4.74 Å². The van der Waals surface area contributed by atoms with Gasteiger partial charge in [0.1, 0.15) is 11.8 Å². The van der Waals surface area contributed by atoms with E-state index in [9.17, 15) is 4.79 Å². The molecule has 0 spiro atoms. The van der Waals surface area contributed by atoms with Gasteiger partial charge in [-0.05, 0) is 91.9 Å². The Bertz CT molecular complexity index is 1480. The first-order valence-corrected chi connectivity index (χ1v) is 13.3. The van der Waals surface area contributed by atoms with Crippen LogP contribution in [0.2, 0.25) is 0 Å². The molecule has 1 aliphatic rings. The number of hydrogen-bond donors (Lipinski definition) is 1. The van der Waals surface area contributed by atoms with Crippen LogP contribution in [0.3, 0.4) is 0 Å². The Labute approximate surface area is 223 Å². The molecule has 0 saturated carbocycles. The summed E-state index contributed by atoms with van der Waals surface area (Å²) in [5.41, 5.74) is 4.53. The van der Waals surface area contributed by atoms with Crippen LogP contribution >= 0.6 is 0 Å². The molecule has 200 valence electrons. The van der Waals surface area contributed by atoms with Crippen molar-refractivity contribution in [1.82, 2.24) is 30.1 Å². The molecule has 0 amide bonds. The SMILES string of the molecule is CCC(C)(C)n1nnnc1[C@H](c1cc2cc(C)cc(C)c2[nH]c1=O)N1CCN(c2ccc(OC)cc2)CC1. The number of aryl methyl sites for hydroxylation is 2.